The van der Waals surface area contributed by atoms with E-state index >= 15 is 0 Å². The molecule has 2 aliphatic carbocycles. The zero-order valence-corrected chi connectivity index (χ0v) is 22.5. The van der Waals surface area contributed by atoms with Gasteiger partial charge in [0.1, 0.15) is 0 Å². The van der Waals surface area contributed by atoms with Crippen molar-refractivity contribution in [2.24, 2.45) is 23.7 Å². The molecule has 12 heteroatoms. The molecule has 0 aromatic rings. The van der Waals surface area contributed by atoms with Crippen molar-refractivity contribution in [3.63, 3.8) is 0 Å². The highest BCUT2D eigenvalue weighted by Gasteiger charge is 2.49. The van der Waals surface area contributed by atoms with Gasteiger partial charge in [0, 0.05) is 62.2 Å². The third-order valence-corrected chi connectivity index (χ3v) is 9.02. The zero-order valence-electron chi connectivity index (χ0n) is 20.9. The van der Waals surface area contributed by atoms with Gasteiger partial charge in [0.15, 0.2) is 0 Å². The molecule has 0 aromatic heterocycles. The number of hydrogen-bond acceptors (Lipinski definition) is 6. The molecule has 38 heavy (non-hydrogen) atoms. The maximum absolute atomic E-state index is 12.8. The molecule has 0 unspecified atom stereocenters. The molecule has 3 aliphatic heterocycles. The Morgan fingerprint density at radius 3 is 1.34 bits per heavy atom. The van der Waals surface area contributed by atoms with Gasteiger partial charge >= 0.3 is 0 Å². The Balaban J connectivity index is 1.05. The molecule has 0 saturated carbocycles. The number of rotatable bonds is 6. The molecule has 3 saturated heterocycles. The van der Waals surface area contributed by atoms with Crippen molar-refractivity contribution in [1.29, 1.82) is 0 Å². The van der Waals surface area contributed by atoms with E-state index in [0.29, 0.717) is 61.9 Å². The fourth-order valence-electron chi connectivity index (χ4n) is 6.17. The van der Waals surface area contributed by atoms with E-state index in [1.165, 1.54) is 9.80 Å². The molecular weight excluding hydrogens is 535 g/mol. The second-order valence-corrected chi connectivity index (χ2v) is 11.5. The van der Waals surface area contributed by atoms with E-state index in [0.717, 1.165) is 0 Å². The number of amides is 6. The number of nitrogens with zero attached hydrogens (tertiary/aromatic N) is 4. The number of hydrogen-bond donors (Lipinski definition) is 0. The summed E-state index contributed by atoms with van der Waals surface area (Å²) in [5.74, 6) is -3.00. The molecule has 0 spiro atoms. The Kier molecular flexibility index (Phi) is 7.64. The van der Waals surface area contributed by atoms with Gasteiger partial charge < -0.3 is 9.80 Å². The first-order chi connectivity index (χ1) is 18.2. The van der Waals surface area contributed by atoms with Crippen LogP contribution in [0.3, 0.4) is 0 Å². The normalized spacial score (nSPS) is 29.4. The van der Waals surface area contributed by atoms with Gasteiger partial charge in [-0.1, -0.05) is 35.4 Å². The van der Waals surface area contributed by atoms with Gasteiger partial charge in [0.25, 0.3) is 0 Å². The standard InChI is InChI=1S/C26H30Cl2N4O6/c27-15-1-3-17-19(13-15)25(37)31(23(17)35)7-5-21(33)29-9-11-30(12-10-29)22(34)6-8-32-24(36)18-4-2-16(28)14-20(18)26(32)38/h1-2,17-20H,3-14H2/t17-,18-,19+,20+/m1/s1. The van der Waals surface area contributed by atoms with E-state index in [1.54, 1.807) is 22.0 Å². The Bertz CT molecular complexity index is 1060. The Morgan fingerprint density at radius 1 is 0.632 bits per heavy atom. The number of carbonyl (C=O) groups is 6. The van der Waals surface area contributed by atoms with Gasteiger partial charge in [-0.2, -0.15) is 0 Å². The number of likely N-dealkylation sites (tertiary alicyclic amines) is 2. The van der Waals surface area contributed by atoms with Crippen molar-refractivity contribution < 1.29 is 28.8 Å². The summed E-state index contributed by atoms with van der Waals surface area (Å²) in [5.41, 5.74) is 0. The topological polar surface area (TPSA) is 115 Å². The molecule has 6 amide bonds. The smallest absolute Gasteiger partial charge is 0.233 e. The van der Waals surface area contributed by atoms with Crippen LogP contribution in [0.5, 0.6) is 0 Å². The van der Waals surface area contributed by atoms with Gasteiger partial charge in [0.2, 0.25) is 35.4 Å². The van der Waals surface area contributed by atoms with Crippen LogP contribution >= 0.6 is 23.2 Å². The summed E-state index contributed by atoms with van der Waals surface area (Å²) in [6.07, 6.45) is 5.25. The van der Waals surface area contributed by atoms with Crippen LogP contribution in [0.1, 0.15) is 38.5 Å². The third-order valence-electron chi connectivity index (χ3n) is 8.40. The second-order valence-electron chi connectivity index (χ2n) is 10.5. The van der Waals surface area contributed by atoms with Crippen LogP contribution in [0.15, 0.2) is 22.2 Å². The van der Waals surface area contributed by atoms with E-state index in [9.17, 15) is 28.8 Å². The van der Waals surface area contributed by atoms with E-state index in [1.807, 2.05) is 0 Å². The Labute approximate surface area is 230 Å². The first-order valence-corrected chi connectivity index (χ1v) is 13.9. The molecule has 4 atom stereocenters. The van der Waals surface area contributed by atoms with Crippen molar-refractivity contribution in [3.8, 4) is 0 Å². The molecule has 0 N–H and O–H groups in total. The molecule has 0 aromatic carbocycles. The lowest BCUT2D eigenvalue weighted by Crippen LogP contribution is -2.51. The predicted octanol–water partition coefficient (Wildman–Crippen LogP) is 1.47. The molecule has 0 radical (unpaired) electrons. The lowest BCUT2D eigenvalue weighted by Gasteiger charge is -2.35. The van der Waals surface area contributed by atoms with Gasteiger partial charge in [-0.3, -0.25) is 38.6 Å². The number of fused-ring (bicyclic) bond motifs is 2. The molecular formula is C26H30Cl2N4O6. The largest absolute Gasteiger partial charge is 0.339 e. The van der Waals surface area contributed by atoms with Gasteiger partial charge in [-0.05, 0) is 25.7 Å². The molecule has 3 fully saturated rings. The monoisotopic (exact) mass is 564 g/mol. The molecule has 0 bridgehead atoms. The first-order valence-electron chi connectivity index (χ1n) is 13.1. The molecule has 10 nitrogen and oxygen atoms in total. The number of halogens is 2. The Morgan fingerprint density at radius 2 is 0.974 bits per heavy atom. The van der Waals surface area contributed by atoms with E-state index < -0.39 is 11.8 Å². The number of piperazine rings is 1. The van der Waals surface area contributed by atoms with Crippen molar-refractivity contribution in [1.82, 2.24) is 19.6 Å². The van der Waals surface area contributed by atoms with Gasteiger partial charge in [-0.25, -0.2) is 0 Å². The van der Waals surface area contributed by atoms with E-state index in [2.05, 4.69) is 0 Å². The summed E-state index contributed by atoms with van der Waals surface area (Å²) in [4.78, 5) is 81.9. The summed E-state index contributed by atoms with van der Waals surface area (Å²) >= 11 is 12.1. The predicted molar refractivity (Wildman–Crippen MR) is 136 cm³/mol. The Hall–Kier alpha value is -2.72. The minimum Gasteiger partial charge on any atom is -0.339 e. The average Bonchev–Trinajstić information content (AvgIpc) is 3.28. The fourth-order valence-corrected chi connectivity index (χ4v) is 6.68. The van der Waals surface area contributed by atoms with Crippen LogP contribution in [0.2, 0.25) is 0 Å². The number of carbonyl (C=O) groups excluding carboxylic acids is 6. The van der Waals surface area contributed by atoms with Crippen LogP contribution in [-0.4, -0.2) is 94.3 Å². The summed E-state index contributed by atoms with van der Waals surface area (Å²) in [5, 5.41) is 1.19. The minimum absolute atomic E-state index is 0.0341. The number of allylic oxidation sites excluding steroid dienone is 4. The van der Waals surface area contributed by atoms with E-state index in [4.69, 9.17) is 23.2 Å². The summed E-state index contributed by atoms with van der Waals surface area (Å²) in [6, 6.07) is 0. The third kappa shape index (κ3) is 5.00. The first kappa shape index (κ1) is 26.9. The quantitative estimate of drug-likeness (QED) is 0.451. The lowest BCUT2D eigenvalue weighted by atomic mass is 9.85. The van der Waals surface area contributed by atoms with Crippen LogP contribution in [0.4, 0.5) is 0 Å². The van der Waals surface area contributed by atoms with Crippen molar-refractivity contribution in [3.05, 3.63) is 22.2 Å². The highest BCUT2D eigenvalue weighted by Crippen LogP contribution is 2.40. The van der Waals surface area contributed by atoms with Crippen LogP contribution in [-0.2, 0) is 28.8 Å². The lowest BCUT2D eigenvalue weighted by molar-refractivity contribution is -0.145. The maximum Gasteiger partial charge on any atom is 0.233 e. The van der Waals surface area contributed by atoms with Crippen LogP contribution < -0.4 is 0 Å². The molecule has 5 aliphatic rings. The van der Waals surface area contributed by atoms with Crippen molar-refractivity contribution in [2.45, 2.75) is 38.5 Å². The molecule has 204 valence electrons. The van der Waals surface area contributed by atoms with Gasteiger partial charge in [-0.15, -0.1) is 0 Å². The van der Waals surface area contributed by atoms with Crippen LogP contribution in [0, 0.1) is 23.7 Å². The van der Waals surface area contributed by atoms with Crippen LogP contribution in [0.25, 0.3) is 0 Å². The molecule has 3 heterocycles. The van der Waals surface area contributed by atoms with Crippen molar-refractivity contribution >= 4 is 58.6 Å². The fraction of sp³-hybridized carbons (Fsp3) is 0.615. The van der Waals surface area contributed by atoms with Gasteiger partial charge in [0.05, 0.1) is 23.7 Å². The molecule has 5 rings (SSSR count). The zero-order chi connectivity index (χ0) is 27.1. The second kappa shape index (κ2) is 10.8. The summed E-state index contributed by atoms with van der Waals surface area (Å²) in [7, 11) is 0. The summed E-state index contributed by atoms with van der Waals surface area (Å²) < 4.78 is 0. The summed E-state index contributed by atoms with van der Waals surface area (Å²) in [6.45, 7) is 1.45. The average molecular weight is 565 g/mol. The minimum atomic E-state index is -0.436. The SMILES string of the molecule is O=C(CCN1C(=O)[C@H]2CC(Cl)=CC[C@H]2C1=O)N1CCN(C(=O)CCN2C(=O)[C@H]3CC(Cl)=CC[C@H]3C2=O)CC1. The highest BCUT2D eigenvalue weighted by molar-refractivity contribution is 6.30. The highest BCUT2D eigenvalue weighted by atomic mass is 35.5. The van der Waals surface area contributed by atoms with Crippen molar-refractivity contribution in [2.75, 3.05) is 39.3 Å². The number of imide groups is 2. The maximum atomic E-state index is 12.8. The van der Waals surface area contributed by atoms with E-state index in [-0.39, 0.29) is 73.2 Å².